The van der Waals surface area contributed by atoms with Gasteiger partial charge in [-0.2, -0.15) is 13.2 Å². The number of hydrogen-bond acceptors (Lipinski definition) is 3. The number of carbonyl (C=O) groups is 1. The number of aliphatic hydroxyl groups is 1. The van der Waals surface area contributed by atoms with E-state index in [1.54, 1.807) is 0 Å². The number of nitrogens with two attached hydrogens (primary N) is 1. The van der Waals surface area contributed by atoms with Gasteiger partial charge in [0.15, 0.2) is 0 Å². The van der Waals surface area contributed by atoms with Gasteiger partial charge in [0, 0.05) is 6.54 Å². The van der Waals surface area contributed by atoms with Gasteiger partial charge >= 0.3 is 6.18 Å². The van der Waals surface area contributed by atoms with Crippen LogP contribution >= 0.6 is 12.2 Å². The van der Waals surface area contributed by atoms with E-state index in [2.05, 4.69) is 0 Å². The number of nitrogens with zero attached hydrogens (tertiary/aromatic N) is 1. The molecular formula is C10H15F3N2O2S. The van der Waals surface area contributed by atoms with Crippen LogP contribution in [0.2, 0.25) is 0 Å². The van der Waals surface area contributed by atoms with Crippen molar-refractivity contribution < 1.29 is 23.1 Å². The van der Waals surface area contributed by atoms with Crippen molar-refractivity contribution in [2.45, 2.75) is 25.4 Å². The Labute approximate surface area is 108 Å². The van der Waals surface area contributed by atoms with Crippen molar-refractivity contribution in [2.24, 2.45) is 11.1 Å². The Morgan fingerprint density at radius 2 is 2.00 bits per heavy atom. The van der Waals surface area contributed by atoms with Crippen LogP contribution in [-0.4, -0.2) is 46.8 Å². The van der Waals surface area contributed by atoms with Crippen molar-refractivity contribution in [2.75, 3.05) is 19.7 Å². The Bertz CT molecular complexity index is 343. The van der Waals surface area contributed by atoms with Crippen LogP contribution in [0.15, 0.2) is 0 Å². The molecule has 0 radical (unpaired) electrons. The fourth-order valence-electron chi connectivity index (χ4n) is 1.99. The van der Waals surface area contributed by atoms with E-state index in [4.69, 9.17) is 23.1 Å². The highest BCUT2D eigenvalue weighted by Crippen LogP contribution is 2.43. The van der Waals surface area contributed by atoms with Crippen molar-refractivity contribution in [3.63, 3.8) is 0 Å². The van der Waals surface area contributed by atoms with Gasteiger partial charge in [-0.1, -0.05) is 18.6 Å². The summed E-state index contributed by atoms with van der Waals surface area (Å²) in [6.07, 6.45) is -3.05. The second-order valence-electron chi connectivity index (χ2n) is 4.37. The van der Waals surface area contributed by atoms with Crippen molar-refractivity contribution in [3.05, 3.63) is 0 Å². The monoisotopic (exact) mass is 284 g/mol. The smallest absolute Gasteiger partial charge is 0.395 e. The SMILES string of the molecule is NC(=S)C1(C(=O)N(CCO)CC(F)(F)F)CCC1. The number of rotatable bonds is 5. The van der Waals surface area contributed by atoms with Gasteiger partial charge in [0.1, 0.15) is 6.54 Å². The fourth-order valence-corrected chi connectivity index (χ4v) is 2.28. The Kier molecular flexibility index (Phi) is 4.55. The van der Waals surface area contributed by atoms with E-state index in [9.17, 15) is 18.0 Å². The van der Waals surface area contributed by atoms with Crippen LogP contribution in [0.5, 0.6) is 0 Å². The van der Waals surface area contributed by atoms with Gasteiger partial charge in [0.2, 0.25) is 5.91 Å². The average molecular weight is 284 g/mol. The van der Waals surface area contributed by atoms with Gasteiger partial charge in [-0.05, 0) is 12.8 Å². The molecule has 1 amide bonds. The maximum absolute atomic E-state index is 12.4. The number of carbonyl (C=O) groups excluding carboxylic acids is 1. The van der Waals surface area contributed by atoms with Crippen LogP contribution in [0.1, 0.15) is 19.3 Å². The third-order valence-corrected chi connectivity index (χ3v) is 3.51. The molecule has 1 aliphatic carbocycles. The van der Waals surface area contributed by atoms with E-state index < -0.39 is 30.7 Å². The molecule has 0 unspecified atom stereocenters. The highest BCUT2D eigenvalue weighted by atomic mass is 32.1. The summed E-state index contributed by atoms with van der Waals surface area (Å²) in [5, 5.41) is 8.75. The number of alkyl halides is 3. The van der Waals surface area contributed by atoms with Crippen LogP contribution in [0, 0.1) is 5.41 Å². The quantitative estimate of drug-likeness (QED) is 0.734. The summed E-state index contributed by atoms with van der Waals surface area (Å²) in [6.45, 7) is -2.30. The second-order valence-corrected chi connectivity index (χ2v) is 4.81. The summed E-state index contributed by atoms with van der Waals surface area (Å²) < 4.78 is 37.1. The zero-order chi connectivity index (χ0) is 14.0. The van der Waals surface area contributed by atoms with Gasteiger partial charge in [0.05, 0.1) is 17.0 Å². The first-order chi connectivity index (χ1) is 8.23. The lowest BCUT2D eigenvalue weighted by Gasteiger charge is -2.42. The molecule has 0 atom stereocenters. The van der Waals surface area contributed by atoms with Crippen LogP contribution in [0.3, 0.4) is 0 Å². The molecule has 0 aromatic heterocycles. The summed E-state index contributed by atoms with van der Waals surface area (Å²) in [6, 6.07) is 0. The summed E-state index contributed by atoms with van der Waals surface area (Å²) in [7, 11) is 0. The van der Waals surface area contributed by atoms with E-state index in [1.165, 1.54) is 0 Å². The Morgan fingerprint density at radius 3 is 2.28 bits per heavy atom. The molecule has 104 valence electrons. The largest absolute Gasteiger partial charge is 0.406 e. The number of thiocarbonyl (C=S) groups is 1. The first-order valence-electron chi connectivity index (χ1n) is 5.50. The van der Waals surface area contributed by atoms with Gasteiger partial charge in [-0.3, -0.25) is 4.79 Å². The molecule has 1 aliphatic rings. The minimum atomic E-state index is -4.51. The van der Waals surface area contributed by atoms with Crippen molar-refractivity contribution >= 4 is 23.1 Å². The van der Waals surface area contributed by atoms with Gasteiger partial charge in [-0.15, -0.1) is 0 Å². The molecule has 0 spiro atoms. The maximum atomic E-state index is 12.4. The minimum absolute atomic E-state index is 0.0659. The lowest BCUT2D eigenvalue weighted by Crippen LogP contribution is -2.56. The molecule has 1 saturated carbocycles. The summed E-state index contributed by atoms with van der Waals surface area (Å²) in [4.78, 5) is 12.6. The molecule has 0 heterocycles. The lowest BCUT2D eigenvalue weighted by molar-refractivity contribution is -0.168. The van der Waals surface area contributed by atoms with Crippen molar-refractivity contribution in [1.82, 2.24) is 4.90 Å². The van der Waals surface area contributed by atoms with Gasteiger partial charge in [-0.25, -0.2) is 0 Å². The first kappa shape index (κ1) is 15.2. The maximum Gasteiger partial charge on any atom is 0.406 e. The van der Waals surface area contributed by atoms with Gasteiger partial charge in [0.25, 0.3) is 0 Å². The Morgan fingerprint density at radius 1 is 1.44 bits per heavy atom. The molecule has 1 rings (SSSR count). The van der Waals surface area contributed by atoms with Crippen molar-refractivity contribution in [1.29, 1.82) is 0 Å². The summed E-state index contributed by atoms with van der Waals surface area (Å²) in [5.41, 5.74) is 4.33. The summed E-state index contributed by atoms with van der Waals surface area (Å²) >= 11 is 4.79. The number of hydrogen-bond donors (Lipinski definition) is 2. The van der Waals surface area contributed by atoms with E-state index >= 15 is 0 Å². The van der Waals surface area contributed by atoms with E-state index in [-0.39, 0.29) is 11.5 Å². The number of amides is 1. The second kappa shape index (κ2) is 5.40. The predicted molar refractivity (Wildman–Crippen MR) is 62.8 cm³/mol. The highest BCUT2D eigenvalue weighted by molar-refractivity contribution is 7.80. The molecular weight excluding hydrogens is 269 g/mol. The predicted octanol–water partition coefficient (Wildman–Crippen LogP) is 0.826. The van der Waals surface area contributed by atoms with Crippen molar-refractivity contribution in [3.8, 4) is 0 Å². The summed E-state index contributed by atoms with van der Waals surface area (Å²) in [5.74, 6) is -0.729. The highest BCUT2D eigenvalue weighted by Gasteiger charge is 2.50. The van der Waals surface area contributed by atoms with Crippen LogP contribution < -0.4 is 5.73 Å². The van der Waals surface area contributed by atoms with E-state index in [1.807, 2.05) is 0 Å². The topological polar surface area (TPSA) is 66.6 Å². The molecule has 18 heavy (non-hydrogen) atoms. The number of aliphatic hydroxyl groups excluding tert-OH is 1. The van der Waals surface area contributed by atoms with E-state index in [0.29, 0.717) is 24.2 Å². The van der Waals surface area contributed by atoms with Crippen LogP contribution in [0.4, 0.5) is 13.2 Å². The molecule has 0 aliphatic heterocycles. The Balaban J connectivity index is 2.85. The fraction of sp³-hybridized carbons (Fsp3) is 0.800. The third kappa shape index (κ3) is 3.11. The first-order valence-corrected chi connectivity index (χ1v) is 5.91. The zero-order valence-corrected chi connectivity index (χ0v) is 10.5. The van der Waals surface area contributed by atoms with Crippen LogP contribution in [0.25, 0.3) is 0 Å². The molecule has 0 saturated heterocycles. The molecule has 1 fully saturated rings. The zero-order valence-electron chi connectivity index (χ0n) is 9.66. The molecule has 0 aromatic carbocycles. The minimum Gasteiger partial charge on any atom is -0.395 e. The van der Waals surface area contributed by atoms with Gasteiger partial charge < -0.3 is 15.7 Å². The molecule has 3 N–H and O–H groups in total. The molecule has 0 aromatic rings. The average Bonchev–Trinajstić information content (AvgIpc) is 2.12. The van der Waals surface area contributed by atoms with E-state index in [0.717, 1.165) is 0 Å². The van der Waals surface area contributed by atoms with Crippen LogP contribution in [-0.2, 0) is 4.79 Å². The molecule has 8 heteroatoms. The molecule has 0 bridgehead atoms. The molecule has 4 nitrogen and oxygen atoms in total. The Hall–Kier alpha value is -0.890. The number of halogens is 3. The standard InChI is InChI=1S/C10H15F3N2O2S/c11-10(12,13)6-15(4-5-16)8(17)9(7(14)18)2-1-3-9/h16H,1-6H2,(H2,14,18). The normalized spacial score (nSPS) is 18.0. The third-order valence-electron chi connectivity index (χ3n) is 3.12. The lowest BCUT2D eigenvalue weighted by atomic mass is 9.67.